The first-order chi connectivity index (χ1) is 12.3. The van der Waals surface area contributed by atoms with Crippen molar-refractivity contribution in [2.45, 2.75) is 25.7 Å². The van der Waals surface area contributed by atoms with Crippen LogP contribution in [-0.4, -0.2) is 36.6 Å². The van der Waals surface area contributed by atoms with Crippen LogP contribution in [0.2, 0.25) is 0 Å². The summed E-state index contributed by atoms with van der Waals surface area (Å²) in [5.41, 5.74) is 0. The van der Waals surface area contributed by atoms with Crippen molar-refractivity contribution in [2.75, 3.05) is 26.4 Å². The predicted octanol–water partition coefficient (Wildman–Crippen LogP) is 2.02. The summed E-state index contributed by atoms with van der Waals surface area (Å²) in [5.74, 6) is 1.97. The Kier molecular flexibility index (Phi) is 9.93. The van der Waals surface area contributed by atoms with Gasteiger partial charge in [-0.25, -0.2) is 0 Å². The van der Waals surface area contributed by atoms with Gasteiger partial charge in [-0.15, -0.1) is 0 Å². The van der Waals surface area contributed by atoms with Crippen LogP contribution in [0.5, 0.6) is 11.5 Å². The van der Waals surface area contributed by atoms with Gasteiger partial charge in [0.2, 0.25) is 0 Å². The van der Waals surface area contributed by atoms with E-state index < -0.39 is 24.6 Å². The van der Waals surface area contributed by atoms with Crippen LogP contribution in [0.4, 0.5) is 0 Å². The van der Waals surface area contributed by atoms with Crippen molar-refractivity contribution in [1.82, 2.24) is 0 Å². The van der Waals surface area contributed by atoms with E-state index in [0.29, 0.717) is 13.2 Å². The molecule has 2 aromatic carbocycles. The van der Waals surface area contributed by atoms with Crippen molar-refractivity contribution in [3.63, 3.8) is 0 Å². The summed E-state index contributed by atoms with van der Waals surface area (Å²) < 4.78 is 14.6. The van der Waals surface area contributed by atoms with Gasteiger partial charge in [-0.1, -0.05) is 0 Å². The molecular weight excluding hydrogens is 505 g/mol. The van der Waals surface area contributed by atoms with Crippen molar-refractivity contribution >= 4 is 6.14 Å². The maximum atomic E-state index is 8.88. The molecule has 0 aliphatic heterocycles. The van der Waals surface area contributed by atoms with Gasteiger partial charge in [0.1, 0.15) is 0 Å². The van der Waals surface area contributed by atoms with E-state index in [4.69, 9.17) is 19.7 Å². The molecule has 0 heterocycles. The Hall–Kier alpha value is -1.10. The van der Waals surface area contributed by atoms with Gasteiger partial charge < -0.3 is 0 Å². The second-order valence-electron chi connectivity index (χ2n) is 5.95. The zero-order chi connectivity index (χ0) is 17.7. The van der Waals surface area contributed by atoms with Crippen LogP contribution in [0.15, 0.2) is 48.5 Å². The normalized spacial score (nSPS) is 10.3. The number of ether oxygens (including phenoxy) is 2. The minimum atomic E-state index is -1.60. The molecule has 4 nitrogen and oxygen atoms in total. The first-order valence-corrected chi connectivity index (χ1v) is 14.5. The molecule has 0 spiro atoms. The third kappa shape index (κ3) is 7.34. The molecule has 0 saturated heterocycles. The Morgan fingerprint density at radius 3 is 1.52 bits per heavy atom. The van der Waals surface area contributed by atoms with E-state index in [1.807, 2.05) is 24.3 Å². The first kappa shape index (κ1) is 20.2. The Labute approximate surface area is 162 Å². The molecule has 0 aliphatic rings. The molecule has 0 aromatic heterocycles. The van der Waals surface area contributed by atoms with Crippen molar-refractivity contribution in [2.24, 2.45) is 0 Å². The van der Waals surface area contributed by atoms with Gasteiger partial charge in [-0.2, -0.15) is 0 Å². The minimum absolute atomic E-state index is 0.214. The molecule has 132 valence electrons. The van der Waals surface area contributed by atoms with Crippen molar-refractivity contribution < 1.29 is 44.3 Å². The molecule has 5 heteroatoms. The fourth-order valence-corrected chi connectivity index (χ4v) is 9.21. The predicted molar refractivity (Wildman–Crippen MR) is 95.8 cm³/mol. The Morgan fingerprint density at radius 1 is 0.640 bits per heavy atom. The molecule has 2 aromatic rings. The number of aliphatic hydroxyl groups is 2. The SMILES string of the molecule is OCCCCOc1cccc[c]1[Hg][c]1ccccc1OCCCCO. The van der Waals surface area contributed by atoms with E-state index in [1.165, 1.54) is 6.14 Å². The fourth-order valence-electron chi connectivity index (χ4n) is 2.58. The summed E-state index contributed by atoms with van der Waals surface area (Å²) in [6.45, 7) is 1.72. The Bertz CT molecular complexity index is 565. The molecule has 25 heavy (non-hydrogen) atoms. The summed E-state index contributed by atoms with van der Waals surface area (Å²) in [7, 11) is 0. The molecule has 0 saturated carbocycles. The van der Waals surface area contributed by atoms with E-state index in [-0.39, 0.29) is 13.2 Å². The van der Waals surface area contributed by atoms with Gasteiger partial charge in [0.15, 0.2) is 0 Å². The topological polar surface area (TPSA) is 58.9 Å². The van der Waals surface area contributed by atoms with E-state index in [2.05, 4.69) is 24.3 Å². The fraction of sp³-hybridized carbons (Fsp3) is 0.400. The number of aliphatic hydroxyl groups excluding tert-OH is 2. The quantitative estimate of drug-likeness (QED) is 0.326. The first-order valence-electron chi connectivity index (χ1n) is 8.98. The summed E-state index contributed by atoms with van der Waals surface area (Å²) in [5, 5.41) is 17.8. The molecule has 0 fully saturated rings. The van der Waals surface area contributed by atoms with Crippen molar-refractivity contribution in [3.8, 4) is 11.5 Å². The summed E-state index contributed by atoms with van der Waals surface area (Å²) >= 11 is -1.60. The van der Waals surface area contributed by atoms with Crippen LogP contribution in [-0.2, 0) is 24.6 Å². The van der Waals surface area contributed by atoms with Crippen LogP contribution in [0.3, 0.4) is 0 Å². The van der Waals surface area contributed by atoms with E-state index in [0.717, 1.165) is 37.2 Å². The Balaban J connectivity index is 2.01. The maximum absolute atomic E-state index is 8.88. The molecule has 0 amide bonds. The summed E-state index contributed by atoms with van der Waals surface area (Å²) in [6.07, 6.45) is 3.28. The number of benzene rings is 2. The third-order valence-electron chi connectivity index (χ3n) is 3.95. The number of hydrogen-bond acceptors (Lipinski definition) is 4. The van der Waals surface area contributed by atoms with Crippen LogP contribution in [0.1, 0.15) is 25.7 Å². The van der Waals surface area contributed by atoms with E-state index in [1.54, 1.807) is 0 Å². The number of rotatable bonds is 12. The molecule has 2 rings (SSSR count). The molecule has 0 unspecified atom stereocenters. The monoisotopic (exact) mass is 532 g/mol. The van der Waals surface area contributed by atoms with Gasteiger partial charge in [0, 0.05) is 0 Å². The van der Waals surface area contributed by atoms with Gasteiger partial charge >= 0.3 is 163 Å². The zero-order valence-electron chi connectivity index (χ0n) is 14.7. The zero-order valence-corrected chi connectivity index (χ0v) is 20.2. The number of unbranched alkanes of at least 4 members (excludes halogenated alkanes) is 2. The second-order valence-corrected chi connectivity index (χ2v) is 13.2. The molecular formula is C20H26HgO4. The number of hydrogen-bond donors (Lipinski definition) is 2. The van der Waals surface area contributed by atoms with Gasteiger partial charge in [0.25, 0.3) is 0 Å². The molecule has 0 radical (unpaired) electrons. The molecule has 0 aliphatic carbocycles. The van der Waals surface area contributed by atoms with Crippen LogP contribution in [0, 0.1) is 0 Å². The van der Waals surface area contributed by atoms with Crippen LogP contribution >= 0.6 is 0 Å². The standard InChI is InChI=1S/2C10H13O2.Hg/c2*11-8-4-5-9-12-10-6-2-1-3-7-10;/h2*1-3,6,11H,4-5,8-9H2;. The molecule has 0 atom stereocenters. The summed E-state index contributed by atoms with van der Waals surface area (Å²) in [4.78, 5) is 0. The second kappa shape index (κ2) is 12.3. The Morgan fingerprint density at radius 2 is 1.08 bits per heavy atom. The van der Waals surface area contributed by atoms with E-state index in [9.17, 15) is 0 Å². The summed E-state index contributed by atoms with van der Waals surface area (Å²) in [6, 6.07) is 16.6. The average Bonchev–Trinajstić information content (AvgIpc) is 2.65. The number of para-hydroxylation sites is 2. The molecule has 0 bridgehead atoms. The van der Waals surface area contributed by atoms with Crippen LogP contribution < -0.4 is 15.6 Å². The van der Waals surface area contributed by atoms with Crippen molar-refractivity contribution in [3.05, 3.63) is 48.5 Å². The molecule has 2 N–H and O–H groups in total. The van der Waals surface area contributed by atoms with E-state index >= 15 is 0 Å². The van der Waals surface area contributed by atoms with Crippen molar-refractivity contribution in [1.29, 1.82) is 0 Å². The van der Waals surface area contributed by atoms with Crippen LogP contribution in [0.25, 0.3) is 0 Å². The average molecular weight is 531 g/mol. The van der Waals surface area contributed by atoms with Gasteiger partial charge in [-0.05, 0) is 0 Å². The van der Waals surface area contributed by atoms with Gasteiger partial charge in [0.05, 0.1) is 0 Å². The third-order valence-corrected chi connectivity index (χ3v) is 11.4. The van der Waals surface area contributed by atoms with Gasteiger partial charge in [-0.3, -0.25) is 0 Å².